The van der Waals surface area contributed by atoms with Gasteiger partial charge in [0, 0.05) is 25.0 Å². The van der Waals surface area contributed by atoms with E-state index >= 15 is 0 Å². The van der Waals surface area contributed by atoms with Crippen molar-refractivity contribution in [2.24, 2.45) is 12.5 Å². The van der Waals surface area contributed by atoms with Crippen molar-refractivity contribution in [3.05, 3.63) is 42.7 Å². The number of pyridine rings is 1. The van der Waals surface area contributed by atoms with Crippen molar-refractivity contribution in [2.45, 2.75) is 20.0 Å². The van der Waals surface area contributed by atoms with Gasteiger partial charge in [-0.25, -0.2) is 4.98 Å². The number of aliphatic hydroxyl groups excluding tert-OH is 1. The predicted molar refractivity (Wildman–Crippen MR) is 103 cm³/mol. The number of aromatic nitrogens is 4. The van der Waals surface area contributed by atoms with E-state index in [1.165, 1.54) is 15.8 Å². The average Bonchev–Trinajstić information content (AvgIpc) is 3.37. The number of hydrogen-bond donors (Lipinski definition) is 2. The molecule has 10 nitrogen and oxygen atoms in total. The third kappa shape index (κ3) is 3.27. The average molecular weight is 396 g/mol. The molecular weight excluding hydrogens is 376 g/mol. The van der Waals surface area contributed by atoms with E-state index in [0.717, 1.165) is 0 Å². The van der Waals surface area contributed by atoms with Crippen LogP contribution in [0.1, 0.15) is 24.3 Å². The van der Waals surface area contributed by atoms with Crippen LogP contribution in [-0.2, 0) is 11.8 Å². The van der Waals surface area contributed by atoms with Gasteiger partial charge in [0.15, 0.2) is 11.5 Å². The minimum absolute atomic E-state index is 0.0831. The van der Waals surface area contributed by atoms with E-state index < -0.39 is 17.4 Å². The molecule has 1 aliphatic heterocycles. The Morgan fingerprint density at radius 2 is 2.07 bits per heavy atom. The molecule has 0 aliphatic carbocycles. The van der Waals surface area contributed by atoms with Gasteiger partial charge in [-0.05, 0) is 26.0 Å². The van der Waals surface area contributed by atoms with Gasteiger partial charge in [-0.15, -0.1) is 0 Å². The topological polar surface area (TPSA) is 126 Å². The van der Waals surface area contributed by atoms with Crippen molar-refractivity contribution in [3.63, 3.8) is 0 Å². The molecule has 4 heterocycles. The zero-order chi connectivity index (χ0) is 20.8. The number of hydrogen-bond acceptors (Lipinski definition) is 7. The van der Waals surface area contributed by atoms with E-state index in [-0.39, 0.29) is 24.0 Å². The molecule has 3 aromatic heterocycles. The second kappa shape index (κ2) is 6.82. The summed E-state index contributed by atoms with van der Waals surface area (Å²) >= 11 is 0. The molecule has 29 heavy (non-hydrogen) atoms. The molecule has 1 fully saturated rings. The first-order valence-electron chi connectivity index (χ1n) is 8.98. The van der Waals surface area contributed by atoms with E-state index in [1.54, 1.807) is 51.6 Å². The van der Waals surface area contributed by atoms with Crippen molar-refractivity contribution in [3.8, 4) is 11.5 Å². The molecule has 0 bridgehead atoms. The third-order valence-electron chi connectivity index (χ3n) is 4.96. The van der Waals surface area contributed by atoms with Gasteiger partial charge in [-0.3, -0.25) is 24.2 Å². The standard InChI is InChI=1S/C19H20N6O4/c1-19(2)14(26)9-25(18(19)28)15-12(8-24(3)23-15)21-16(27)13-10-29-17(22-13)11-4-6-20-7-5-11/h4-8,10,14,26H,9H2,1-3H3,(H,21,27). The van der Waals surface area contributed by atoms with E-state index in [4.69, 9.17) is 4.42 Å². The molecule has 4 rings (SSSR count). The monoisotopic (exact) mass is 396 g/mol. The second-order valence-electron chi connectivity index (χ2n) is 7.42. The highest BCUT2D eigenvalue weighted by Crippen LogP contribution is 2.36. The zero-order valence-electron chi connectivity index (χ0n) is 16.2. The van der Waals surface area contributed by atoms with Crippen LogP contribution < -0.4 is 10.2 Å². The van der Waals surface area contributed by atoms with Gasteiger partial charge in [0.25, 0.3) is 5.91 Å². The van der Waals surface area contributed by atoms with Crippen molar-refractivity contribution >= 4 is 23.3 Å². The first kappa shape index (κ1) is 18.8. The lowest BCUT2D eigenvalue weighted by atomic mass is 9.89. The number of amides is 2. The first-order valence-corrected chi connectivity index (χ1v) is 8.98. The van der Waals surface area contributed by atoms with Crippen LogP contribution in [0.2, 0.25) is 0 Å². The highest BCUT2D eigenvalue weighted by molar-refractivity contribution is 6.07. The van der Waals surface area contributed by atoms with Gasteiger partial charge >= 0.3 is 0 Å². The van der Waals surface area contributed by atoms with Crippen LogP contribution >= 0.6 is 0 Å². The van der Waals surface area contributed by atoms with E-state index in [9.17, 15) is 14.7 Å². The van der Waals surface area contributed by atoms with Crippen LogP contribution in [0.4, 0.5) is 11.5 Å². The van der Waals surface area contributed by atoms with Gasteiger partial charge in [-0.2, -0.15) is 5.10 Å². The Labute approximate surface area is 166 Å². The van der Waals surface area contributed by atoms with E-state index in [1.807, 2.05) is 0 Å². The molecule has 0 saturated carbocycles. The summed E-state index contributed by atoms with van der Waals surface area (Å²) in [6.45, 7) is 3.45. The fraction of sp³-hybridized carbons (Fsp3) is 0.316. The molecule has 1 unspecified atom stereocenters. The maximum Gasteiger partial charge on any atom is 0.277 e. The van der Waals surface area contributed by atoms with Gasteiger partial charge in [0.2, 0.25) is 11.8 Å². The summed E-state index contributed by atoms with van der Waals surface area (Å²) < 4.78 is 6.87. The number of nitrogens with zero attached hydrogens (tertiary/aromatic N) is 5. The highest BCUT2D eigenvalue weighted by Gasteiger charge is 2.48. The fourth-order valence-corrected chi connectivity index (χ4v) is 3.11. The predicted octanol–water partition coefficient (Wildman–Crippen LogP) is 1.46. The maximum absolute atomic E-state index is 12.7. The maximum atomic E-state index is 12.7. The van der Waals surface area contributed by atoms with Crippen LogP contribution in [-0.4, -0.2) is 49.3 Å². The Bertz CT molecular complexity index is 1070. The molecular formula is C19H20N6O4. The molecule has 0 spiro atoms. The lowest BCUT2D eigenvalue weighted by molar-refractivity contribution is -0.126. The summed E-state index contributed by atoms with van der Waals surface area (Å²) in [5, 5.41) is 17.2. The van der Waals surface area contributed by atoms with Crippen molar-refractivity contribution in [1.29, 1.82) is 0 Å². The molecule has 0 radical (unpaired) electrons. The number of aryl methyl sites for hydroxylation is 1. The van der Waals surface area contributed by atoms with Crippen molar-refractivity contribution in [1.82, 2.24) is 19.7 Å². The summed E-state index contributed by atoms with van der Waals surface area (Å²) in [6.07, 6.45) is 5.21. The number of β-amino-alcohol motifs (C(OH)–C–C–N with tert-alkyl or cyclic N) is 1. The fourth-order valence-electron chi connectivity index (χ4n) is 3.11. The molecule has 10 heteroatoms. The lowest BCUT2D eigenvalue weighted by Crippen LogP contribution is -2.33. The summed E-state index contributed by atoms with van der Waals surface area (Å²) in [6, 6.07) is 3.44. The molecule has 2 N–H and O–H groups in total. The molecule has 1 atom stereocenters. The molecule has 0 aromatic carbocycles. The number of anilines is 2. The van der Waals surface area contributed by atoms with Crippen LogP contribution in [0.15, 0.2) is 41.4 Å². The number of aliphatic hydroxyl groups is 1. The number of oxazole rings is 1. The Balaban J connectivity index is 1.58. The number of nitrogens with one attached hydrogen (secondary N) is 1. The van der Waals surface area contributed by atoms with Gasteiger partial charge in [0.05, 0.1) is 24.3 Å². The summed E-state index contributed by atoms with van der Waals surface area (Å²) in [7, 11) is 1.68. The Morgan fingerprint density at radius 1 is 1.34 bits per heavy atom. The second-order valence-corrected chi connectivity index (χ2v) is 7.42. The minimum Gasteiger partial charge on any atom is -0.444 e. The Kier molecular flexibility index (Phi) is 4.42. The van der Waals surface area contributed by atoms with Gasteiger partial charge in [0.1, 0.15) is 12.0 Å². The molecule has 150 valence electrons. The minimum atomic E-state index is -0.926. The summed E-state index contributed by atoms with van der Waals surface area (Å²) in [4.78, 5) is 34.9. The lowest BCUT2D eigenvalue weighted by Gasteiger charge is -2.19. The van der Waals surface area contributed by atoms with Crippen LogP contribution in [0.25, 0.3) is 11.5 Å². The molecule has 1 aliphatic rings. The number of carbonyl (C=O) groups excluding carboxylic acids is 2. The number of rotatable bonds is 4. The first-order chi connectivity index (χ1) is 13.8. The van der Waals surface area contributed by atoms with E-state index in [2.05, 4.69) is 20.4 Å². The van der Waals surface area contributed by atoms with Gasteiger partial charge in [-0.1, -0.05) is 0 Å². The number of carbonyl (C=O) groups is 2. The smallest absolute Gasteiger partial charge is 0.277 e. The highest BCUT2D eigenvalue weighted by atomic mass is 16.3. The molecule has 3 aromatic rings. The van der Waals surface area contributed by atoms with Gasteiger partial charge < -0.3 is 14.8 Å². The van der Waals surface area contributed by atoms with Crippen molar-refractivity contribution in [2.75, 3.05) is 16.8 Å². The third-order valence-corrected chi connectivity index (χ3v) is 4.96. The Morgan fingerprint density at radius 3 is 2.72 bits per heavy atom. The zero-order valence-corrected chi connectivity index (χ0v) is 16.2. The van der Waals surface area contributed by atoms with E-state index in [0.29, 0.717) is 17.1 Å². The largest absolute Gasteiger partial charge is 0.444 e. The van der Waals surface area contributed by atoms with Crippen LogP contribution in [0, 0.1) is 5.41 Å². The summed E-state index contributed by atoms with van der Waals surface area (Å²) in [5.41, 5.74) is 0.189. The van der Waals surface area contributed by atoms with Crippen LogP contribution in [0.3, 0.4) is 0 Å². The summed E-state index contributed by atoms with van der Waals surface area (Å²) in [5.74, 6) is -0.202. The van der Waals surface area contributed by atoms with Crippen molar-refractivity contribution < 1.29 is 19.1 Å². The molecule has 1 saturated heterocycles. The van der Waals surface area contributed by atoms with Crippen LogP contribution in [0.5, 0.6) is 0 Å². The normalized spacial score (nSPS) is 18.3. The Hall–Kier alpha value is -3.53. The SMILES string of the molecule is Cn1cc(NC(=O)c2coc(-c3ccncc3)n2)c(N2CC(O)C(C)(C)C2=O)n1. The quantitative estimate of drug-likeness (QED) is 0.683. The molecule has 2 amide bonds.